The number of hydrogen-bond acceptors (Lipinski definition) is 17. The molecule has 11 aromatic heterocycles. The third-order valence-corrected chi connectivity index (χ3v) is 69.1. The summed E-state index contributed by atoms with van der Waals surface area (Å²) in [6, 6.07) is 47.5. The van der Waals surface area contributed by atoms with Gasteiger partial charge in [0.2, 0.25) is 0 Å². The Hall–Kier alpha value is -4.93. The van der Waals surface area contributed by atoms with Crippen LogP contribution in [0.4, 0.5) is 0 Å². The lowest BCUT2D eigenvalue weighted by molar-refractivity contribution is 0.469. The molecule has 0 N–H and O–H groups in total. The monoisotopic (exact) mass is 2120 g/mol. The summed E-state index contributed by atoms with van der Waals surface area (Å²) in [5.74, 6) is 5.60. The van der Waals surface area contributed by atoms with Gasteiger partial charge in [0.1, 0.15) is 65.4 Å². The second kappa shape index (κ2) is 46.2. The zero-order chi connectivity index (χ0) is 97.0. The van der Waals surface area contributed by atoms with Gasteiger partial charge in [0, 0.05) is 111 Å². The van der Waals surface area contributed by atoms with E-state index in [1.54, 1.807) is 80.5 Å². The van der Waals surface area contributed by atoms with E-state index in [4.69, 9.17) is 26.2 Å². The van der Waals surface area contributed by atoms with Gasteiger partial charge in [-0.1, -0.05) is 378 Å². The predicted octanol–water partition coefficient (Wildman–Crippen LogP) is 37.4. The Labute approximate surface area is 883 Å². The van der Waals surface area contributed by atoms with Gasteiger partial charge in [-0.2, -0.15) is 26.2 Å². The van der Waals surface area contributed by atoms with E-state index >= 15 is 0 Å². The molecule has 0 radical (unpaired) electrons. The van der Waals surface area contributed by atoms with E-state index in [2.05, 4.69) is 289 Å². The Balaban J connectivity index is 0.741. The van der Waals surface area contributed by atoms with Crippen LogP contribution in [0.5, 0.6) is 0 Å². The molecule has 4 aliphatic rings. The molecule has 8 atom stereocenters. The Morgan fingerprint density at radius 1 is 0.223 bits per heavy atom. The van der Waals surface area contributed by atoms with Crippen LogP contribution < -0.4 is 41.5 Å². The number of rotatable bonds is 56. The van der Waals surface area contributed by atoms with Crippen molar-refractivity contribution in [3.05, 3.63) is 108 Å². The topological polar surface area (TPSA) is 77.3 Å². The number of nitrogens with zero attached hydrogens (tertiary/aromatic N) is 6. The van der Waals surface area contributed by atoms with E-state index in [-0.39, 0.29) is 0 Å². The number of fused-ring (bicyclic) bond motifs is 15. The van der Waals surface area contributed by atoms with Gasteiger partial charge >= 0.3 is 0 Å². The van der Waals surface area contributed by atoms with Crippen molar-refractivity contribution in [2.75, 3.05) is 0 Å². The number of benzene rings is 3. The molecule has 0 saturated carbocycles. The first-order valence-corrected chi connectivity index (χ1v) is 73.5. The lowest BCUT2D eigenvalue weighted by Crippen LogP contribution is -2.56. The minimum Gasteiger partial charge on any atom is -0.172 e. The second-order valence-electron chi connectivity index (χ2n) is 43.0. The third kappa shape index (κ3) is 19.8. The zero-order valence-corrected chi connectivity index (χ0v) is 99.7. The molecule has 6 nitrogen and oxygen atoms in total. The molecule has 139 heavy (non-hydrogen) atoms. The summed E-state index contributed by atoms with van der Waals surface area (Å²) in [6.45, 7) is 48.1. The quantitative estimate of drug-likeness (QED) is 0.0354. The lowest BCUT2D eigenvalue weighted by Gasteiger charge is -2.35. The SMILES string of the molecule is C=Cc1cc2c(s1)-c1sc(-c3ccc(-c4cc5c(s4)-c4sc(-c6ccc(-c7cc8c(s7)-c7sc(-c9ccc(-c%10cc%11c(s%10)-c%10sc(C=C)cc%10[Si]%11(CC(CC)CCCC)CC(CC)CCCC)c%10nsnc9%10)cc7[Si]8(CC(CC)CCCC)CC(CC)CCCC)c7nsnc67)cc4[Si]5(CC(CC)CCCC)CC(CC)CCCC)c4nsnc34)cc1[Si]2(CC(CC)CCCC)CC(CC)CCCC. The molecule has 0 fully saturated rings. The Kier molecular flexibility index (Phi) is 34.6. The molecular weight excluding hydrogens is 1970 g/mol. The largest absolute Gasteiger partial charge is 0.172 e. The molecule has 3 aromatic carbocycles. The maximum absolute atomic E-state index is 5.50. The molecule has 4 aliphatic heterocycles. The van der Waals surface area contributed by atoms with E-state index in [0.29, 0.717) is 23.7 Å². The molecule has 0 saturated heterocycles. The minimum atomic E-state index is -2.50. The van der Waals surface area contributed by atoms with Gasteiger partial charge in [-0.3, -0.25) is 0 Å². The average Bonchev–Trinajstić information content (AvgIpc) is 1.54. The highest BCUT2D eigenvalue weighted by atomic mass is 32.1. The van der Waals surface area contributed by atoms with Gasteiger partial charge in [0.15, 0.2) is 0 Å². The van der Waals surface area contributed by atoms with Gasteiger partial charge in [0.05, 0.1) is 35.2 Å². The van der Waals surface area contributed by atoms with Crippen LogP contribution in [0.3, 0.4) is 0 Å². The van der Waals surface area contributed by atoms with E-state index in [1.807, 2.05) is 22.7 Å². The highest BCUT2D eigenvalue weighted by Crippen LogP contribution is 2.58. The first kappa shape index (κ1) is 104. The standard InChI is InChI=1S/C118H156N6S11Si4/c1-19-37-45-75(27-9)67-136(68-76(28-10)46-38-20-2)97-59-83(35-17)125-111(97)113-99(136)61-91(127-113)85-53-55-87(107-105(85)119-133-121-107)93-63-101-115(129-93)117-103(138(101,71-79(31-13)49-41-23-5)72-80(32-14)50-42-24-6)65-95(131-117)89-57-58-90(110-109(89)123-135-124-110)96-66-104-118(132-96)116-102(139(104,73-81(33-15)51-43-25-7)74-82(34-16)52-44-26-8)64-94(130-116)88-56-54-86(106-108(88)122-134-120-106)92-62-100-114(128-92)112-98(60-84(36-18)126-112)137(100,69-77(29-11)47-39-21-3)70-78(30-12)48-40-22-4/h35-36,53-66,75-82H,17-34,37-52,67-74H2,1-16H3. The molecule has 0 aliphatic carbocycles. The van der Waals surface area contributed by atoms with Crippen LogP contribution in [0, 0.1) is 47.3 Å². The summed E-state index contributed by atoms with van der Waals surface area (Å²) >= 11 is 20.8. The van der Waals surface area contributed by atoms with E-state index in [0.717, 1.165) is 56.8 Å². The van der Waals surface area contributed by atoms with E-state index in [1.165, 1.54) is 361 Å². The fraction of sp³-hybridized carbons (Fsp3) is 0.542. The zero-order valence-electron chi connectivity index (χ0n) is 86.7. The normalized spacial score (nSPS) is 19.0. The van der Waals surface area contributed by atoms with Crippen LogP contribution >= 0.6 is 126 Å². The van der Waals surface area contributed by atoms with Gasteiger partial charge < -0.3 is 0 Å². The number of aromatic nitrogens is 6. The molecular formula is C118H156N6S11Si4. The highest BCUT2D eigenvalue weighted by Gasteiger charge is 2.56. The van der Waals surface area contributed by atoms with Crippen LogP contribution in [0.15, 0.2) is 98.1 Å². The van der Waals surface area contributed by atoms with Gasteiger partial charge in [-0.15, -0.1) is 90.7 Å². The molecule has 14 aromatic rings. The van der Waals surface area contributed by atoms with Crippen molar-refractivity contribution in [1.82, 2.24) is 26.2 Å². The molecule has 18 rings (SSSR count). The van der Waals surface area contributed by atoms with Crippen LogP contribution in [0.25, 0.3) is 147 Å². The summed E-state index contributed by atoms with van der Waals surface area (Å²) in [7, 11) is -9.46. The van der Waals surface area contributed by atoms with Crippen molar-refractivity contribution in [2.24, 2.45) is 47.3 Å². The Bertz CT molecular complexity index is 6100. The fourth-order valence-electron chi connectivity index (χ4n) is 26.3. The number of unbranched alkanes of at least 4 members (excludes halogenated alkanes) is 8. The number of hydrogen-bond donors (Lipinski definition) is 0. The van der Waals surface area contributed by atoms with Crippen molar-refractivity contribution in [1.29, 1.82) is 0 Å². The first-order chi connectivity index (χ1) is 67.9. The minimum absolute atomic E-state index is 0.665. The summed E-state index contributed by atoms with van der Waals surface area (Å²) in [5.41, 5.74) is 14.0. The molecule has 0 bridgehead atoms. The molecule has 0 spiro atoms. The van der Waals surface area contributed by atoms with Crippen molar-refractivity contribution >= 4 is 245 Å². The van der Waals surface area contributed by atoms with Crippen molar-refractivity contribution in [2.45, 2.75) is 365 Å². The molecule has 15 heterocycles. The van der Waals surface area contributed by atoms with Crippen molar-refractivity contribution in [3.8, 4) is 102 Å². The van der Waals surface area contributed by atoms with Crippen molar-refractivity contribution < 1.29 is 0 Å². The third-order valence-electron chi connectivity index (χ3n) is 34.5. The maximum atomic E-state index is 5.50. The molecule has 740 valence electrons. The van der Waals surface area contributed by atoms with Crippen LogP contribution in [-0.2, 0) is 0 Å². The summed E-state index contributed by atoms with van der Waals surface area (Å²) in [6.07, 6.45) is 45.2. The van der Waals surface area contributed by atoms with E-state index < -0.39 is 32.3 Å². The number of thiophene rings is 8. The summed E-state index contributed by atoms with van der Waals surface area (Å²) < 4.78 is 32.6. The second-order valence-corrected chi connectivity index (χ2v) is 69.3. The van der Waals surface area contributed by atoms with Crippen LogP contribution in [-0.4, -0.2) is 58.5 Å². The molecule has 0 amide bonds. The first-order valence-electron chi connectivity index (χ1n) is 55.1. The lowest BCUT2D eigenvalue weighted by atomic mass is 10.0. The van der Waals surface area contributed by atoms with Gasteiger partial charge in [0.25, 0.3) is 0 Å². The predicted molar refractivity (Wildman–Crippen MR) is 642 cm³/mol. The summed E-state index contributed by atoms with van der Waals surface area (Å²) in [4.78, 5) is 23.4. The summed E-state index contributed by atoms with van der Waals surface area (Å²) in [5, 5.41) is 13.8. The molecule has 8 unspecified atom stereocenters. The average molecular weight is 2120 g/mol. The van der Waals surface area contributed by atoms with Gasteiger partial charge in [-0.25, -0.2) is 0 Å². The maximum Gasteiger partial charge on any atom is 0.122 e. The van der Waals surface area contributed by atoms with Crippen molar-refractivity contribution in [3.63, 3.8) is 0 Å². The van der Waals surface area contributed by atoms with E-state index in [9.17, 15) is 0 Å². The smallest absolute Gasteiger partial charge is 0.122 e. The fourth-order valence-corrected chi connectivity index (χ4v) is 69.5. The molecule has 21 heteroatoms. The Morgan fingerprint density at radius 2 is 0.374 bits per heavy atom. The van der Waals surface area contributed by atoms with Gasteiger partial charge in [-0.05, 0) is 186 Å². The highest BCUT2D eigenvalue weighted by molar-refractivity contribution is 7.34. The Morgan fingerprint density at radius 3 is 0.518 bits per heavy atom. The van der Waals surface area contributed by atoms with Crippen LogP contribution in [0.1, 0.15) is 326 Å². The van der Waals surface area contributed by atoms with Crippen LogP contribution in [0.2, 0.25) is 48.4 Å².